The van der Waals surface area contributed by atoms with Crippen LogP contribution in [0.25, 0.3) is 0 Å². The number of benzene rings is 1. The largest absolute Gasteiger partial charge is 0.371 e. The van der Waals surface area contributed by atoms with Crippen molar-refractivity contribution in [1.29, 1.82) is 0 Å². The Bertz CT molecular complexity index is 471. The lowest BCUT2D eigenvalue weighted by Crippen LogP contribution is -2.48. The highest BCUT2D eigenvalue weighted by Gasteiger charge is 2.33. The summed E-state index contributed by atoms with van der Waals surface area (Å²) >= 11 is 6.23. The summed E-state index contributed by atoms with van der Waals surface area (Å²) in [6.07, 6.45) is 0. The molecule has 0 spiro atoms. The molecule has 1 aliphatic rings. The molecule has 0 saturated heterocycles. The van der Waals surface area contributed by atoms with Crippen molar-refractivity contribution in [2.45, 2.75) is 26.8 Å². The van der Waals surface area contributed by atoms with Gasteiger partial charge in [0.1, 0.15) is 6.04 Å². The van der Waals surface area contributed by atoms with Crippen LogP contribution in [0, 0.1) is 12.8 Å². The Balaban J connectivity index is 2.53. The fourth-order valence-electron chi connectivity index (χ4n) is 2.13. The molecule has 3 nitrogen and oxygen atoms in total. The minimum absolute atomic E-state index is 0.0918. The van der Waals surface area contributed by atoms with Gasteiger partial charge in [0.25, 0.3) is 0 Å². The van der Waals surface area contributed by atoms with E-state index in [-0.39, 0.29) is 17.9 Å². The van der Waals surface area contributed by atoms with Crippen molar-refractivity contribution in [3.8, 4) is 0 Å². The Morgan fingerprint density at radius 1 is 1.41 bits per heavy atom. The van der Waals surface area contributed by atoms with E-state index >= 15 is 0 Å². The first kappa shape index (κ1) is 12.2. The number of carbonyl (C=O) groups excluding carboxylic acids is 1. The van der Waals surface area contributed by atoms with Crippen molar-refractivity contribution in [2.75, 3.05) is 17.3 Å². The molecule has 92 valence electrons. The Morgan fingerprint density at radius 3 is 2.65 bits per heavy atom. The summed E-state index contributed by atoms with van der Waals surface area (Å²) in [4.78, 5) is 13.9. The van der Waals surface area contributed by atoms with Gasteiger partial charge in [-0.05, 0) is 30.5 Å². The number of hydrogen-bond donors (Lipinski definition) is 1. The normalized spacial score (nSPS) is 19.3. The number of nitrogens with one attached hydrogen (secondary N) is 1. The number of aryl methyl sites for hydroxylation is 1. The quantitative estimate of drug-likeness (QED) is 0.833. The van der Waals surface area contributed by atoms with Gasteiger partial charge in [0.05, 0.1) is 16.4 Å². The van der Waals surface area contributed by atoms with Crippen LogP contribution in [0.5, 0.6) is 0 Å². The molecule has 1 heterocycles. The monoisotopic (exact) mass is 252 g/mol. The van der Waals surface area contributed by atoms with E-state index < -0.39 is 0 Å². The van der Waals surface area contributed by atoms with E-state index in [1.807, 2.05) is 32.9 Å². The lowest BCUT2D eigenvalue weighted by molar-refractivity contribution is -0.120. The molecule has 1 aliphatic heterocycles. The van der Waals surface area contributed by atoms with Crippen LogP contribution in [-0.2, 0) is 4.79 Å². The lowest BCUT2D eigenvalue weighted by atomic mass is 9.98. The highest BCUT2D eigenvalue weighted by atomic mass is 35.5. The van der Waals surface area contributed by atoms with Crippen molar-refractivity contribution >= 4 is 28.9 Å². The van der Waals surface area contributed by atoms with Gasteiger partial charge in [-0.2, -0.15) is 0 Å². The van der Waals surface area contributed by atoms with Crippen LogP contribution in [0.2, 0.25) is 5.02 Å². The topological polar surface area (TPSA) is 32.3 Å². The van der Waals surface area contributed by atoms with Crippen LogP contribution in [0.4, 0.5) is 11.4 Å². The molecule has 1 unspecified atom stereocenters. The predicted octanol–water partition coefficient (Wildman–Crippen LogP) is 3.06. The number of likely N-dealkylation sites (N-methyl/N-ethyl adjacent to an activating group) is 1. The van der Waals surface area contributed by atoms with Gasteiger partial charge in [0.15, 0.2) is 0 Å². The number of halogens is 1. The Morgan fingerprint density at radius 2 is 2.06 bits per heavy atom. The molecule has 1 atom stereocenters. The molecule has 1 aromatic rings. The second-order valence-electron chi connectivity index (χ2n) is 4.90. The van der Waals surface area contributed by atoms with Gasteiger partial charge >= 0.3 is 0 Å². The van der Waals surface area contributed by atoms with E-state index in [1.165, 1.54) is 0 Å². The van der Waals surface area contributed by atoms with E-state index in [2.05, 4.69) is 5.32 Å². The van der Waals surface area contributed by atoms with Gasteiger partial charge in [-0.1, -0.05) is 25.4 Å². The van der Waals surface area contributed by atoms with Gasteiger partial charge in [0, 0.05) is 7.05 Å². The SMILES string of the molecule is Cc1cc(Cl)c2c(c1)N(C)C(=O)C(C(C)C)N2. The zero-order valence-corrected chi connectivity index (χ0v) is 11.3. The number of hydrogen-bond acceptors (Lipinski definition) is 2. The van der Waals surface area contributed by atoms with Gasteiger partial charge in [-0.15, -0.1) is 0 Å². The maximum absolute atomic E-state index is 12.2. The summed E-state index contributed by atoms with van der Waals surface area (Å²) in [6.45, 7) is 6.02. The summed E-state index contributed by atoms with van der Waals surface area (Å²) in [5.74, 6) is 0.324. The van der Waals surface area contributed by atoms with Crippen molar-refractivity contribution in [2.24, 2.45) is 5.92 Å². The molecule has 0 aromatic heterocycles. The third-order valence-electron chi connectivity index (χ3n) is 3.14. The molecule has 1 N–H and O–H groups in total. The Hall–Kier alpha value is -1.22. The molecule has 17 heavy (non-hydrogen) atoms. The minimum atomic E-state index is -0.201. The van der Waals surface area contributed by atoms with Crippen LogP contribution in [-0.4, -0.2) is 19.0 Å². The second-order valence-corrected chi connectivity index (χ2v) is 5.31. The smallest absolute Gasteiger partial charge is 0.249 e. The van der Waals surface area contributed by atoms with Crippen molar-refractivity contribution in [3.63, 3.8) is 0 Å². The highest BCUT2D eigenvalue weighted by Crippen LogP contribution is 2.38. The number of anilines is 2. The standard InChI is InChI=1S/C13H17ClN2O/c1-7(2)11-13(17)16(4)10-6-8(3)5-9(14)12(10)15-11/h5-7,11,15H,1-4H3. The number of carbonyl (C=O) groups is 1. The van der Waals surface area contributed by atoms with Gasteiger partial charge < -0.3 is 10.2 Å². The molecule has 4 heteroatoms. The van der Waals surface area contributed by atoms with E-state index in [0.29, 0.717) is 5.02 Å². The van der Waals surface area contributed by atoms with Gasteiger partial charge in [-0.3, -0.25) is 4.79 Å². The predicted molar refractivity (Wildman–Crippen MR) is 71.8 cm³/mol. The zero-order valence-electron chi connectivity index (χ0n) is 10.5. The number of fused-ring (bicyclic) bond motifs is 1. The minimum Gasteiger partial charge on any atom is -0.371 e. The van der Waals surface area contributed by atoms with Crippen molar-refractivity contribution in [1.82, 2.24) is 0 Å². The highest BCUT2D eigenvalue weighted by molar-refractivity contribution is 6.34. The molecule has 0 bridgehead atoms. The van der Waals surface area contributed by atoms with Crippen LogP contribution >= 0.6 is 11.6 Å². The van der Waals surface area contributed by atoms with E-state index in [1.54, 1.807) is 11.9 Å². The second kappa shape index (κ2) is 4.22. The first-order valence-electron chi connectivity index (χ1n) is 5.76. The van der Waals surface area contributed by atoms with Crippen LogP contribution in [0.3, 0.4) is 0 Å². The van der Waals surface area contributed by atoms with Crippen LogP contribution in [0.1, 0.15) is 19.4 Å². The molecule has 0 saturated carbocycles. The zero-order chi connectivity index (χ0) is 12.7. The van der Waals surface area contributed by atoms with Gasteiger partial charge in [-0.25, -0.2) is 0 Å². The molecular formula is C13H17ClN2O. The van der Waals surface area contributed by atoms with E-state index in [0.717, 1.165) is 16.9 Å². The Kier molecular flexibility index (Phi) is 3.04. The van der Waals surface area contributed by atoms with Crippen LogP contribution < -0.4 is 10.2 Å². The summed E-state index contributed by atoms with van der Waals surface area (Å²) in [5.41, 5.74) is 2.77. The fourth-order valence-corrected chi connectivity index (χ4v) is 2.45. The first-order chi connectivity index (χ1) is 7.91. The molecular weight excluding hydrogens is 236 g/mol. The maximum atomic E-state index is 12.2. The summed E-state index contributed by atoms with van der Waals surface area (Å²) in [7, 11) is 1.80. The molecule has 0 aliphatic carbocycles. The molecule has 2 rings (SSSR count). The lowest BCUT2D eigenvalue weighted by Gasteiger charge is -2.35. The van der Waals surface area contributed by atoms with Gasteiger partial charge in [0.2, 0.25) is 5.91 Å². The summed E-state index contributed by atoms with van der Waals surface area (Å²) < 4.78 is 0. The molecule has 0 radical (unpaired) electrons. The molecule has 1 aromatic carbocycles. The van der Waals surface area contributed by atoms with Crippen molar-refractivity contribution < 1.29 is 4.79 Å². The average molecular weight is 253 g/mol. The van der Waals surface area contributed by atoms with E-state index in [9.17, 15) is 4.79 Å². The van der Waals surface area contributed by atoms with E-state index in [4.69, 9.17) is 11.6 Å². The number of nitrogens with zero attached hydrogens (tertiary/aromatic N) is 1. The van der Waals surface area contributed by atoms with Crippen LogP contribution in [0.15, 0.2) is 12.1 Å². The number of rotatable bonds is 1. The number of amides is 1. The fraction of sp³-hybridized carbons (Fsp3) is 0.462. The Labute approximate surface area is 107 Å². The summed E-state index contributed by atoms with van der Waals surface area (Å²) in [5, 5.41) is 3.92. The summed E-state index contributed by atoms with van der Waals surface area (Å²) in [6, 6.07) is 3.68. The third kappa shape index (κ3) is 2.00. The maximum Gasteiger partial charge on any atom is 0.249 e. The molecule has 0 fully saturated rings. The average Bonchev–Trinajstić information content (AvgIpc) is 2.23. The molecule has 1 amide bonds. The third-order valence-corrected chi connectivity index (χ3v) is 3.44. The first-order valence-corrected chi connectivity index (χ1v) is 6.14. The van der Waals surface area contributed by atoms with Crippen molar-refractivity contribution in [3.05, 3.63) is 22.7 Å².